The van der Waals surface area contributed by atoms with Crippen LogP contribution in [-0.4, -0.2) is 89.9 Å². The number of hydrogen-bond acceptors (Lipinski definition) is 7. The maximum atomic E-state index is 10.3. The maximum absolute atomic E-state index is 10.3. The molecule has 0 radical (unpaired) electrons. The van der Waals surface area contributed by atoms with Gasteiger partial charge in [-0.15, -0.1) is 0 Å². The first-order chi connectivity index (χ1) is 13.5. The number of rotatable bonds is 8. The summed E-state index contributed by atoms with van der Waals surface area (Å²) >= 11 is 0. The predicted molar refractivity (Wildman–Crippen MR) is 107 cm³/mol. The summed E-state index contributed by atoms with van der Waals surface area (Å²) in [4.78, 5) is 4.50. The molecule has 0 aromatic heterocycles. The molecule has 0 saturated carbocycles. The Hall–Kier alpha value is -1.38. The minimum atomic E-state index is -0.584. The van der Waals surface area contributed by atoms with E-state index in [1.807, 2.05) is 18.2 Å². The summed E-state index contributed by atoms with van der Waals surface area (Å²) in [6.07, 6.45) is 2.22. The Kier molecular flexibility index (Phi) is 7.93. The van der Waals surface area contributed by atoms with Gasteiger partial charge in [-0.1, -0.05) is 6.07 Å². The van der Waals surface area contributed by atoms with Crippen LogP contribution in [0.4, 0.5) is 0 Å². The molecule has 2 aliphatic rings. The minimum Gasteiger partial charge on any atom is -0.493 e. The van der Waals surface area contributed by atoms with E-state index >= 15 is 0 Å². The van der Waals surface area contributed by atoms with Crippen molar-refractivity contribution in [2.75, 3.05) is 46.4 Å². The first-order valence-electron chi connectivity index (χ1n) is 10.3. The fourth-order valence-electron chi connectivity index (χ4n) is 3.90. The van der Waals surface area contributed by atoms with Crippen molar-refractivity contribution >= 4 is 0 Å². The quantitative estimate of drug-likeness (QED) is 0.603. The molecule has 0 unspecified atom stereocenters. The Morgan fingerprint density at radius 3 is 2.18 bits per heavy atom. The van der Waals surface area contributed by atoms with Crippen LogP contribution < -0.4 is 9.47 Å². The van der Waals surface area contributed by atoms with E-state index in [0.717, 1.165) is 64.0 Å². The highest BCUT2D eigenvalue weighted by Gasteiger charge is 2.20. The second-order valence-corrected chi connectivity index (χ2v) is 7.99. The predicted octanol–water partition coefficient (Wildman–Crippen LogP) is 0.848. The highest BCUT2D eigenvalue weighted by molar-refractivity contribution is 5.43. The van der Waals surface area contributed by atoms with Crippen molar-refractivity contribution in [1.82, 2.24) is 9.80 Å². The van der Waals surface area contributed by atoms with E-state index in [1.165, 1.54) is 0 Å². The van der Waals surface area contributed by atoms with E-state index in [2.05, 4.69) is 9.80 Å². The normalized spacial score (nSPS) is 21.6. The monoisotopic (exact) mass is 394 g/mol. The fraction of sp³-hybridized carbons (Fsp3) is 0.714. The molecule has 2 fully saturated rings. The highest BCUT2D eigenvalue weighted by Crippen LogP contribution is 2.29. The van der Waals surface area contributed by atoms with Gasteiger partial charge in [-0.2, -0.15) is 0 Å². The zero-order valence-corrected chi connectivity index (χ0v) is 16.8. The number of ether oxygens (including phenoxy) is 2. The Morgan fingerprint density at radius 1 is 0.964 bits per heavy atom. The highest BCUT2D eigenvalue weighted by atomic mass is 16.5. The zero-order valence-electron chi connectivity index (χ0n) is 16.8. The Bertz CT molecular complexity index is 598. The molecule has 3 N–H and O–H groups in total. The largest absolute Gasteiger partial charge is 0.493 e. The van der Waals surface area contributed by atoms with Crippen molar-refractivity contribution in [3.8, 4) is 11.5 Å². The number of benzene rings is 1. The van der Waals surface area contributed by atoms with Crippen LogP contribution in [0.3, 0.4) is 0 Å². The number of hydrogen-bond donors (Lipinski definition) is 3. The van der Waals surface area contributed by atoms with Gasteiger partial charge in [0, 0.05) is 39.3 Å². The molecular weight excluding hydrogens is 360 g/mol. The summed E-state index contributed by atoms with van der Waals surface area (Å²) in [5.74, 6) is 1.30. The second-order valence-electron chi connectivity index (χ2n) is 7.99. The van der Waals surface area contributed by atoms with E-state index in [9.17, 15) is 15.3 Å². The SMILES string of the molecule is COc1cc(CN2CCC(O)CC2)ccc1OC[C@@H](O)CN1CCC(O)CC1. The number of aliphatic hydroxyl groups is 3. The van der Waals surface area contributed by atoms with E-state index in [0.29, 0.717) is 18.0 Å². The topological polar surface area (TPSA) is 85.6 Å². The Labute approximate surface area is 167 Å². The molecule has 0 spiro atoms. The lowest BCUT2D eigenvalue weighted by Gasteiger charge is -2.31. The summed E-state index contributed by atoms with van der Waals surface area (Å²) in [6, 6.07) is 5.91. The van der Waals surface area contributed by atoms with Crippen molar-refractivity contribution in [2.45, 2.75) is 50.5 Å². The number of nitrogens with zero attached hydrogens (tertiary/aromatic N) is 2. The van der Waals surface area contributed by atoms with Gasteiger partial charge in [-0.05, 0) is 43.4 Å². The summed E-state index contributed by atoms with van der Waals surface area (Å²) in [7, 11) is 1.62. The van der Waals surface area contributed by atoms with Crippen molar-refractivity contribution < 1.29 is 24.8 Å². The van der Waals surface area contributed by atoms with Gasteiger partial charge < -0.3 is 29.7 Å². The lowest BCUT2D eigenvalue weighted by molar-refractivity contribution is 0.0333. The molecule has 158 valence electrons. The molecular formula is C21H34N2O5. The molecule has 1 aromatic rings. The first-order valence-corrected chi connectivity index (χ1v) is 10.3. The van der Waals surface area contributed by atoms with Gasteiger partial charge in [-0.3, -0.25) is 4.90 Å². The molecule has 3 rings (SSSR count). The summed E-state index contributed by atoms with van der Waals surface area (Å²) in [5.41, 5.74) is 1.15. The molecule has 7 heteroatoms. The van der Waals surface area contributed by atoms with Crippen molar-refractivity contribution in [3.63, 3.8) is 0 Å². The molecule has 2 aliphatic heterocycles. The van der Waals surface area contributed by atoms with Gasteiger partial charge in [0.1, 0.15) is 12.7 Å². The van der Waals surface area contributed by atoms with Crippen LogP contribution in [0.1, 0.15) is 31.2 Å². The molecule has 0 bridgehead atoms. The zero-order chi connectivity index (χ0) is 19.9. The maximum Gasteiger partial charge on any atom is 0.161 e. The van der Waals surface area contributed by atoms with Gasteiger partial charge in [0.05, 0.1) is 19.3 Å². The van der Waals surface area contributed by atoms with Crippen LogP contribution in [0.25, 0.3) is 0 Å². The van der Waals surface area contributed by atoms with Crippen LogP contribution in [-0.2, 0) is 6.54 Å². The van der Waals surface area contributed by atoms with Crippen molar-refractivity contribution in [2.24, 2.45) is 0 Å². The van der Waals surface area contributed by atoms with Crippen molar-refractivity contribution in [1.29, 1.82) is 0 Å². The van der Waals surface area contributed by atoms with Crippen LogP contribution in [0.15, 0.2) is 18.2 Å². The number of methoxy groups -OCH3 is 1. The third-order valence-electron chi connectivity index (χ3n) is 5.65. The van der Waals surface area contributed by atoms with Crippen LogP contribution >= 0.6 is 0 Å². The van der Waals surface area contributed by atoms with Crippen LogP contribution in [0.2, 0.25) is 0 Å². The van der Waals surface area contributed by atoms with Gasteiger partial charge >= 0.3 is 0 Å². The Balaban J connectivity index is 1.48. The van der Waals surface area contributed by atoms with Crippen LogP contribution in [0, 0.1) is 0 Å². The van der Waals surface area contributed by atoms with E-state index in [4.69, 9.17) is 9.47 Å². The molecule has 7 nitrogen and oxygen atoms in total. The van der Waals surface area contributed by atoms with Gasteiger partial charge in [0.2, 0.25) is 0 Å². The van der Waals surface area contributed by atoms with Gasteiger partial charge in [0.25, 0.3) is 0 Å². The third-order valence-corrected chi connectivity index (χ3v) is 5.65. The number of β-amino-alcohol motifs (C(OH)–C–C–N with tert-alkyl or cyclic N) is 1. The number of likely N-dealkylation sites (tertiary alicyclic amines) is 2. The van der Waals surface area contributed by atoms with E-state index < -0.39 is 6.10 Å². The molecule has 2 heterocycles. The molecule has 0 amide bonds. The number of piperidine rings is 2. The third kappa shape index (κ3) is 6.32. The second kappa shape index (κ2) is 10.4. The Morgan fingerprint density at radius 2 is 1.57 bits per heavy atom. The molecule has 1 atom stereocenters. The van der Waals surface area contributed by atoms with Gasteiger partial charge in [-0.25, -0.2) is 0 Å². The first kappa shape index (κ1) is 21.3. The molecule has 0 aliphatic carbocycles. The van der Waals surface area contributed by atoms with Gasteiger partial charge in [0.15, 0.2) is 11.5 Å². The molecule has 2 saturated heterocycles. The van der Waals surface area contributed by atoms with E-state index in [-0.39, 0.29) is 18.8 Å². The molecule has 1 aromatic carbocycles. The van der Waals surface area contributed by atoms with E-state index in [1.54, 1.807) is 7.11 Å². The number of aliphatic hydroxyl groups excluding tert-OH is 3. The smallest absolute Gasteiger partial charge is 0.161 e. The lowest BCUT2D eigenvalue weighted by Crippen LogP contribution is -2.41. The average Bonchev–Trinajstić information content (AvgIpc) is 2.70. The average molecular weight is 395 g/mol. The van der Waals surface area contributed by atoms with Crippen molar-refractivity contribution in [3.05, 3.63) is 23.8 Å². The minimum absolute atomic E-state index is 0.164. The summed E-state index contributed by atoms with van der Waals surface area (Å²) < 4.78 is 11.3. The standard InChI is InChI=1S/C21H34N2O5/c1-27-21-12-16(13-22-8-4-17(24)5-9-22)2-3-20(21)28-15-19(26)14-23-10-6-18(25)7-11-23/h2-3,12,17-19,24-26H,4-11,13-15H2,1H3/t19-/m0/s1. The summed E-state index contributed by atoms with van der Waals surface area (Å²) in [5, 5.41) is 29.5. The summed E-state index contributed by atoms with van der Waals surface area (Å²) in [6.45, 7) is 5.01. The molecule has 28 heavy (non-hydrogen) atoms. The van der Waals surface area contributed by atoms with Crippen LogP contribution in [0.5, 0.6) is 11.5 Å². The fourth-order valence-corrected chi connectivity index (χ4v) is 3.90. The lowest BCUT2D eigenvalue weighted by atomic mass is 10.1.